The summed E-state index contributed by atoms with van der Waals surface area (Å²) in [7, 11) is 0. The molecule has 14 heavy (non-hydrogen) atoms. The molecule has 2 heteroatoms. The minimum absolute atomic E-state index is 0.465. The van der Waals surface area contributed by atoms with Gasteiger partial charge in [0.15, 0.2) is 0 Å². The highest BCUT2D eigenvalue weighted by atomic mass is 19.1. The second kappa shape index (κ2) is 4.36. The van der Waals surface area contributed by atoms with E-state index in [9.17, 15) is 8.78 Å². The first-order valence-electron chi connectivity index (χ1n) is 4.72. The van der Waals surface area contributed by atoms with E-state index in [1.54, 1.807) is 19.1 Å². The quantitative estimate of drug-likeness (QED) is 0.673. The Hall–Kier alpha value is -1.18. The fourth-order valence-electron chi connectivity index (χ4n) is 1.59. The van der Waals surface area contributed by atoms with Crippen LogP contribution >= 0.6 is 0 Å². The monoisotopic (exact) mass is 196 g/mol. The van der Waals surface area contributed by atoms with Gasteiger partial charge in [-0.15, -0.1) is 0 Å². The summed E-state index contributed by atoms with van der Waals surface area (Å²) in [5.74, 6) is -0.948. The number of allylic oxidation sites excluding steroid dienone is 1. The molecule has 0 heterocycles. The SMILES string of the molecule is C/C=C/c1c(F)cc(F)c(C)c1CC. The second-order valence-electron chi connectivity index (χ2n) is 3.21. The number of benzene rings is 1. The number of halogens is 2. The summed E-state index contributed by atoms with van der Waals surface area (Å²) in [6.07, 6.45) is 4.08. The molecule has 1 aromatic carbocycles. The lowest BCUT2D eigenvalue weighted by atomic mass is 9.98. The molecule has 1 aromatic rings. The molecule has 0 nitrogen and oxygen atoms in total. The summed E-state index contributed by atoms with van der Waals surface area (Å²) in [5.41, 5.74) is 1.80. The molecular weight excluding hydrogens is 182 g/mol. The molecule has 76 valence electrons. The molecule has 0 fully saturated rings. The fraction of sp³-hybridized carbons (Fsp3) is 0.333. The highest BCUT2D eigenvalue weighted by Gasteiger charge is 2.11. The van der Waals surface area contributed by atoms with E-state index in [1.165, 1.54) is 0 Å². The molecule has 0 N–H and O–H groups in total. The van der Waals surface area contributed by atoms with Gasteiger partial charge >= 0.3 is 0 Å². The fourth-order valence-corrected chi connectivity index (χ4v) is 1.59. The van der Waals surface area contributed by atoms with Gasteiger partial charge in [0, 0.05) is 11.6 Å². The van der Waals surface area contributed by atoms with Crippen LogP contribution in [-0.2, 0) is 6.42 Å². The predicted molar refractivity (Wildman–Crippen MR) is 55.2 cm³/mol. The van der Waals surface area contributed by atoms with Gasteiger partial charge in [-0.3, -0.25) is 0 Å². The minimum atomic E-state index is -0.483. The van der Waals surface area contributed by atoms with Crippen LogP contribution in [0.5, 0.6) is 0 Å². The molecule has 1 rings (SSSR count). The Morgan fingerprint density at radius 2 is 1.93 bits per heavy atom. The van der Waals surface area contributed by atoms with Crippen molar-refractivity contribution >= 4 is 6.08 Å². The molecule has 0 saturated heterocycles. The molecular formula is C12H14F2. The van der Waals surface area contributed by atoms with Gasteiger partial charge in [-0.25, -0.2) is 8.78 Å². The van der Waals surface area contributed by atoms with Crippen LogP contribution in [0.4, 0.5) is 8.78 Å². The first-order valence-corrected chi connectivity index (χ1v) is 4.72. The lowest BCUT2D eigenvalue weighted by molar-refractivity contribution is 0.571. The van der Waals surface area contributed by atoms with Crippen molar-refractivity contribution in [3.05, 3.63) is 40.5 Å². The minimum Gasteiger partial charge on any atom is -0.207 e. The van der Waals surface area contributed by atoms with E-state index in [2.05, 4.69) is 0 Å². The summed E-state index contributed by atoms with van der Waals surface area (Å²) in [6, 6.07) is 0.948. The van der Waals surface area contributed by atoms with E-state index < -0.39 is 11.6 Å². The summed E-state index contributed by atoms with van der Waals surface area (Å²) < 4.78 is 26.6. The lowest BCUT2D eigenvalue weighted by Gasteiger charge is -2.09. The van der Waals surface area contributed by atoms with Gasteiger partial charge in [0.25, 0.3) is 0 Å². The van der Waals surface area contributed by atoms with E-state index in [1.807, 2.05) is 13.8 Å². The van der Waals surface area contributed by atoms with Crippen LogP contribution in [0, 0.1) is 18.6 Å². The van der Waals surface area contributed by atoms with Crippen molar-refractivity contribution in [3.8, 4) is 0 Å². The highest BCUT2D eigenvalue weighted by Crippen LogP contribution is 2.22. The van der Waals surface area contributed by atoms with E-state index in [4.69, 9.17) is 0 Å². The van der Waals surface area contributed by atoms with Crippen molar-refractivity contribution in [1.82, 2.24) is 0 Å². The second-order valence-corrected chi connectivity index (χ2v) is 3.21. The normalized spacial score (nSPS) is 11.2. The Labute approximate surface area is 83.3 Å². The van der Waals surface area contributed by atoms with Crippen LogP contribution in [0.25, 0.3) is 6.08 Å². The van der Waals surface area contributed by atoms with E-state index >= 15 is 0 Å². The van der Waals surface area contributed by atoms with Crippen molar-refractivity contribution in [3.63, 3.8) is 0 Å². The Kier molecular flexibility index (Phi) is 3.39. The first kappa shape index (κ1) is 10.9. The molecule has 0 unspecified atom stereocenters. The van der Waals surface area contributed by atoms with E-state index in [0.29, 0.717) is 17.5 Å². The van der Waals surface area contributed by atoms with Crippen molar-refractivity contribution in [2.24, 2.45) is 0 Å². The van der Waals surface area contributed by atoms with Crippen LogP contribution < -0.4 is 0 Å². The van der Waals surface area contributed by atoms with Crippen molar-refractivity contribution in [2.45, 2.75) is 27.2 Å². The summed E-state index contributed by atoms with van der Waals surface area (Å²) in [5, 5.41) is 0. The van der Waals surface area contributed by atoms with Gasteiger partial charge < -0.3 is 0 Å². The molecule has 0 aliphatic rings. The van der Waals surface area contributed by atoms with Gasteiger partial charge in [-0.1, -0.05) is 19.1 Å². The largest absolute Gasteiger partial charge is 0.207 e. The van der Waals surface area contributed by atoms with Gasteiger partial charge in [-0.2, -0.15) is 0 Å². The molecule has 0 radical (unpaired) electrons. The predicted octanol–water partition coefficient (Wildman–Crippen LogP) is 3.87. The average molecular weight is 196 g/mol. The third kappa shape index (κ3) is 1.84. The Morgan fingerprint density at radius 1 is 1.29 bits per heavy atom. The molecule has 0 aliphatic carbocycles. The van der Waals surface area contributed by atoms with Gasteiger partial charge in [0.2, 0.25) is 0 Å². The summed E-state index contributed by atoms with van der Waals surface area (Å²) in [6.45, 7) is 5.40. The summed E-state index contributed by atoms with van der Waals surface area (Å²) in [4.78, 5) is 0. The molecule has 0 atom stereocenters. The average Bonchev–Trinajstić information content (AvgIpc) is 2.15. The van der Waals surface area contributed by atoms with Crippen LogP contribution in [0.3, 0.4) is 0 Å². The molecule has 0 spiro atoms. The number of rotatable bonds is 2. The maximum absolute atomic E-state index is 13.4. The van der Waals surface area contributed by atoms with Crippen molar-refractivity contribution < 1.29 is 8.78 Å². The zero-order valence-electron chi connectivity index (χ0n) is 8.70. The molecule has 0 aliphatic heterocycles. The topological polar surface area (TPSA) is 0 Å². The highest BCUT2D eigenvalue weighted by molar-refractivity contribution is 5.56. The number of hydrogen-bond donors (Lipinski definition) is 0. The Balaban J connectivity index is 3.46. The smallest absolute Gasteiger partial charge is 0.133 e. The Bertz CT molecular complexity index is 365. The zero-order chi connectivity index (χ0) is 10.7. The van der Waals surface area contributed by atoms with Crippen LogP contribution in [0.15, 0.2) is 12.1 Å². The molecule has 0 aromatic heterocycles. The molecule has 0 bridgehead atoms. The van der Waals surface area contributed by atoms with Crippen LogP contribution in [0.1, 0.15) is 30.5 Å². The third-order valence-electron chi connectivity index (χ3n) is 2.33. The van der Waals surface area contributed by atoms with E-state index in [0.717, 1.165) is 11.6 Å². The van der Waals surface area contributed by atoms with Crippen molar-refractivity contribution in [2.75, 3.05) is 0 Å². The van der Waals surface area contributed by atoms with E-state index in [-0.39, 0.29) is 0 Å². The maximum atomic E-state index is 13.4. The summed E-state index contributed by atoms with van der Waals surface area (Å²) >= 11 is 0. The molecule has 0 amide bonds. The van der Waals surface area contributed by atoms with Gasteiger partial charge in [-0.05, 0) is 31.4 Å². The van der Waals surface area contributed by atoms with Crippen LogP contribution in [-0.4, -0.2) is 0 Å². The number of hydrogen-bond acceptors (Lipinski definition) is 0. The maximum Gasteiger partial charge on any atom is 0.133 e. The van der Waals surface area contributed by atoms with Crippen molar-refractivity contribution in [1.29, 1.82) is 0 Å². The third-order valence-corrected chi connectivity index (χ3v) is 2.33. The first-order chi connectivity index (χ1) is 6.61. The van der Waals surface area contributed by atoms with Crippen LogP contribution in [0.2, 0.25) is 0 Å². The lowest BCUT2D eigenvalue weighted by Crippen LogP contribution is -1.99. The Morgan fingerprint density at radius 3 is 2.43 bits per heavy atom. The van der Waals surface area contributed by atoms with Gasteiger partial charge in [0.1, 0.15) is 11.6 Å². The molecule has 0 saturated carbocycles. The standard InChI is InChI=1S/C12H14F2/c1-4-6-10-9(5-2)8(3)11(13)7-12(10)14/h4,6-7H,5H2,1-3H3/b6-4+. The van der Waals surface area contributed by atoms with Gasteiger partial charge in [0.05, 0.1) is 0 Å². The zero-order valence-corrected chi connectivity index (χ0v) is 8.70.